The molecule has 17 heavy (non-hydrogen) atoms. The summed E-state index contributed by atoms with van der Waals surface area (Å²) in [5.41, 5.74) is 3.49. The number of ether oxygens (including phenoxy) is 1. The maximum atomic E-state index is 5.53. The number of rotatable bonds is 1. The van der Waals surface area contributed by atoms with Crippen LogP contribution >= 0.6 is 0 Å². The van der Waals surface area contributed by atoms with Gasteiger partial charge in [0.2, 0.25) is 0 Å². The lowest BCUT2D eigenvalue weighted by molar-refractivity contribution is 0.265. The Kier molecular flexibility index (Phi) is 2.83. The molecule has 1 saturated heterocycles. The number of hydrogen-bond acceptors (Lipinski definition) is 2. The summed E-state index contributed by atoms with van der Waals surface area (Å²) < 4.78 is 5.53. The van der Waals surface area contributed by atoms with E-state index in [1.807, 2.05) is 0 Å². The van der Waals surface area contributed by atoms with E-state index >= 15 is 0 Å². The fourth-order valence-corrected chi connectivity index (χ4v) is 3.67. The minimum atomic E-state index is 0.438. The van der Waals surface area contributed by atoms with Gasteiger partial charge in [0, 0.05) is 0 Å². The molecule has 2 aliphatic rings. The van der Waals surface area contributed by atoms with Crippen LogP contribution in [0.4, 0.5) is 0 Å². The van der Waals surface area contributed by atoms with Crippen LogP contribution < -0.4 is 10.1 Å². The zero-order valence-corrected chi connectivity index (χ0v) is 10.6. The summed E-state index contributed by atoms with van der Waals surface area (Å²) in [7, 11) is 1.79. The minimum absolute atomic E-state index is 0.438. The molecule has 3 rings (SSSR count). The highest BCUT2D eigenvalue weighted by Gasteiger charge is 2.38. The Morgan fingerprint density at radius 1 is 1.18 bits per heavy atom. The summed E-state index contributed by atoms with van der Waals surface area (Å²) >= 11 is 0. The van der Waals surface area contributed by atoms with Gasteiger partial charge in [0.1, 0.15) is 5.75 Å². The molecule has 92 valence electrons. The summed E-state index contributed by atoms with van der Waals surface area (Å²) in [5, 5.41) is 3.48. The van der Waals surface area contributed by atoms with Crippen LogP contribution in [-0.2, 0) is 11.8 Å². The molecule has 1 N–H and O–H groups in total. The first-order valence-electron chi connectivity index (χ1n) is 6.73. The van der Waals surface area contributed by atoms with Crippen molar-refractivity contribution in [3.8, 4) is 5.75 Å². The summed E-state index contributed by atoms with van der Waals surface area (Å²) in [6, 6.07) is 6.61. The van der Waals surface area contributed by atoms with Gasteiger partial charge in [-0.05, 0) is 67.8 Å². The van der Waals surface area contributed by atoms with Crippen molar-refractivity contribution < 1.29 is 4.74 Å². The molecule has 1 aliphatic heterocycles. The van der Waals surface area contributed by atoms with E-state index in [-0.39, 0.29) is 0 Å². The zero-order valence-electron chi connectivity index (χ0n) is 10.6. The van der Waals surface area contributed by atoms with E-state index in [9.17, 15) is 0 Å². The topological polar surface area (TPSA) is 21.3 Å². The van der Waals surface area contributed by atoms with Gasteiger partial charge in [-0.2, -0.15) is 0 Å². The molecule has 0 bridgehead atoms. The summed E-state index contributed by atoms with van der Waals surface area (Å²) in [6.45, 7) is 2.33. The van der Waals surface area contributed by atoms with E-state index in [0.29, 0.717) is 5.41 Å². The number of nitrogens with one attached hydrogen (secondary N) is 1. The van der Waals surface area contributed by atoms with Crippen LogP contribution in [0.5, 0.6) is 5.75 Å². The van der Waals surface area contributed by atoms with Gasteiger partial charge in [-0.15, -0.1) is 0 Å². The predicted octanol–water partition coefficient (Wildman–Crippen LogP) is 2.65. The van der Waals surface area contributed by atoms with Gasteiger partial charge in [-0.1, -0.05) is 12.1 Å². The number of benzene rings is 1. The first kappa shape index (κ1) is 11.1. The fourth-order valence-electron chi connectivity index (χ4n) is 3.67. The second-order valence-electron chi connectivity index (χ2n) is 5.37. The Balaban J connectivity index is 2.07. The van der Waals surface area contributed by atoms with Crippen molar-refractivity contribution in [3.05, 3.63) is 29.3 Å². The molecule has 2 nitrogen and oxygen atoms in total. The van der Waals surface area contributed by atoms with Crippen LogP contribution in [0.15, 0.2) is 18.2 Å². The van der Waals surface area contributed by atoms with Crippen molar-refractivity contribution >= 4 is 0 Å². The van der Waals surface area contributed by atoms with Gasteiger partial charge in [-0.3, -0.25) is 0 Å². The van der Waals surface area contributed by atoms with Gasteiger partial charge in [0.15, 0.2) is 0 Å². The molecular weight excluding hydrogens is 210 g/mol. The molecular formula is C15H21NO. The predicted molar refractivity (Wildman–Crippen MR) is 69.7 cm³/mol. The van der Waals surface area contributed by atoms with E-state index in [4.69, 9.17) is 4.74 Å². The van der Waals surface area contributed by atoms with Gasteiger partial charge >= 0.3 is 0 Å². The first-order valence-corrected chi connectivity index (χ1v) is 6.73. The third-order valence-electron chi connectivity index (χ3n) is 4.57. The maximum absolute atomic E-state index is 5.53. The van der Waals surface area contributed by atoms with Gasteiger partial charge in [0.25, 0.3) is 0 Å². The van der Waals surface area contributed by atoms with Crippen molar-refractivity contribution in [1.29, 1.82) is 0 Å². The molecule has 1 spiro atoms. The number of piperidine rings is 1. The smallest absolute Gasteiger partial charge is 0.122 e. The lowest BCUT2D eigenvalue weighted by Crippen LogP contribution is -2.42. The lowest BCUT2D eigenvalue weighted by atomic mass is 9.65. The van der Waals surface area contributed by atoms with E-state index < -0.39 is 0 Å². The van der Waals surface area contributed by atoms with Crippen molar-refractivity contribution in [2.45, 2.75) is 37.5 Å². The zero-order chi connectivity index (χ0) is 11.7. The molecule has 1 fully saturated rings. The quantitative estimate of drug-likeness (QED) is 0.802. The fraction of sp³-hybridized carbons (Fsp3) is 0.600. The van der Waals surface area contributed by atoms with Crippen LogP contribution in [0.25, 0.3) is 0 Å². The van der Waals surface area contributed by atoms with E-state index in [1.54, 1.807) is 12.7 Å². The molecule has 0 atom stereocenters. The third-order valence-corrected chi connectivity index (χ3v) is 4.57. The second-order valence-corrected chi connectivity index (χ2v) is 5.37. The first-order chi connectivity index (χ1) is 8.36. The van der Waals surface area contributed by atoms with Crippen molar-refractivity contribution in [2.75, 3.05) is 20.2 Å². The average molecular weight is 231 g/mol. The number of methoxy groups -OCH3 is 1. The molecule has 0 amide bonds. The third kappa shape index (κ3) is 1.75. The van der Waals surface area contributed by atoms with Crippen LogP contribution in [0.1, 0.15) is 36.8 Å². The molecule has 0 unspecified atom stereocenters. The second kappa shape index (κ2) is 4.34. The van der Waals surface area contributed by atoms with E-state index in [1.165, 1.54) is 37.7 Å². The Hall–Kier alpha value is -1.02. The Morgan fingerprint density at radius 2 is 2.00 bits per heavy atom. The van der Waals surface area contributed by atoms with Gasteiger partial charge in [0.05, 0.1) is 7.11 Å². The summed E-state index contributed by atoms with van der Waals surface area (Å²) in [6.07, 6.45) is 6.43. The molecule has 2 heteroatoms. The van der Waals surface area contributed by atoms with Crippen molar-refractivity contribution in [1.82, 2.24) is 5.32 Å². The molecule has 1 aliphatic carbocycles. The van der Waals surface area contributed by atoms with E-state index in [0.717, 1.165) is 18.8 Å². The van der Waals surface area contributed by atoms with Crippen LogP contribution in [0.2, 0.25) is 0 Å². The number of fused-ring (bicyclic) bond motifs is 2. The molecule has 1 heterocycles. The standard InChI is InChI=1S/C15H21NO/c1-17-14-6-2-5-13-12(14)4-3-7-15(13)8-10-16-11-9-15/h2,5-6,16H,3-4,7-11H2,1H3. The van der Waals surface area contributed by atoms with Crippen LogP contribution in [0, 0.1) is 0 Å². The van der Waals surface area contributed by atoms with Crippen LogP contribution in [0.3, 0.4) is 0 Å². The van der Waals surface area contributed by atoms with Crippen LogP contribution in [-0.4, -0.2) is 20.2 Å². The van der Waals surface area contributed by atoms with Crippen molar-refractivity contribution in [2.24, 2.45) is 0 Å². The highest BCUT2D eigenvalue weighted by atomic mass is 16.5. The molecule has 1 aromatic rings. The highest BCUT2D eigenvalue weighted by molar-refractivity contribution is 5.46. The van der Waals surface area contributed by atoms with Gasteiger partial charge in [-0.25, -0.2) is 0 Å². The molecule has 0 radical (unpaired) electrons. The Bertz CT molecular complexity index is 407. The van der Waals surface area contributed by atoms with Gasteiger partial charge < -0.3 is 10.1 Å². The molecule has 0 aromatic heterocycles. The largest absolute Gasteiger partial charge is 0.496 e. The lowest BCUT2D eigenvalue weighted by Gasteiger charge is -2.42. The summed E-state index contributed by atoms with van der Waals surface area (Å²) in [5.74, 6) is 1.10. The van der Waals surface area contributed by atoms with E-state index in [2.05, 4.69) is 23.5 Å². The van der Waals surface area contributed by atoms with Crippen molar-refractivity contribution in [3.63, 3.8) is 0 Å². The summed E-state index contributed by atoms with van der Waals surface area (Å²) in [4.78, 5) is 0. The SMILES string of the molecule is COc1cccc2c1CCCC21CCNCC1. The number of hydrogen-bond donors (Lipinski definition) is 1. The average Bonchev–Trinajstić information content (AvgIpc) is 2.40. The maximum Gasteiger partial charge on any atom is 0.122 e. The molecule has 1 aromatic carbocycles. The molecule has 0 saturated carbocycles. The Morgan fingerprint density at radius 3 is 2.76 bits per heavy atom. The normalized spacial score (nSPS) is 22.2. The Labute approximate surface area is 103 Å². The monoisotopic (exact) mass is 231 g/mol. The minimum Gasteiger partial charge on any atom is -0.496 e. The highest BCUT2D eigenvalue weighted by Crippen LogP contribution is 2.45.